The average molecular weight is 942 g/mol. The van der Waals surface area contributed by atoms with E-state index in [0.717, 1.165) is 50.7 Å². The molecule has 5 aromatic carbocycles. The van der Waals surface area contributed by atoms with Crippen molar-refractivity contribution >= 4 is 0 Å². The number of rotatable bonds is 11. The molecule has 0 aliphatic carbocycles. The van der Waals surface area contributed by atoms with Gasteiger partial charge in [0.1, 0.15) is 5.82 Å². The molecule has 0 aliphatic rings. The predicted molar refractivity (Wildman–Crippen MR) is 230 cm³/mol. The molecule has 0 saturated heterocycles. The first-order valence-corrected chi connectivity index (χ1v) is 19.9. The summed E-state index contributed by atoms with van der Waals surface area (Å²) in [6.07, 6.45) is 13.6. The maximum absolute atomic E-state index is 5.21. The van der Waals surface area contributed by atoms with E-state index < -0.39 is 5.41 Å². The molecule has 0 spiro atoms. The Labute approximate surface area is 358 Å². The van der Waals surface area contributed by atoms with Crippen molar-refractivity contribution in [1.82, 2.24) is 24.1 Å². The van der Waals surface area contributed by atoms with Crippen LogP contribution in [0.15, 0.2) is 146 Å². The summed E-state index contributed by atoms with van der Waals surface area (Å²) in [5.41, 5.74) is 11.5. The number of benzene rings is 5. The molecule has 0 unspecified atom stereocenters. The second kappa shape index (κ2) is 16.3. The van der Waals surface area contributed by atoms with Crippen molar-refractivity contribution in [3.05, 3.63) is 181 Å². The third-order valence-electron chi connectivity index (χ3n) is 11.9. The number of para-hydroxylation sites is 2. The Hall–Kier alpha value is -5.58. The summed E-state index contributed by atoms with van der Waals surface area (Å²) >= 11 is 0. The maximum Gasteiger partial charge on any atom is 0.267 e. The smallest absolute Gasteiger partial charge is 0.267 e. The molecule has 0 radical (unpaired) electrons. The van der Waals surface area contributed by atoms with Crippen molar-refractivity contribution in [2.45, 2.75) is 78.1 Å². The molecule has 0 amide bonds. The Morgan fingerprint density at radius 2 is 1.22 bits per heavy atom. The fraction of sp³-hybridized carbons (Fsp3) is 0.235. The van der Waals surface area contributed by atoms with Crippen molar-refractivity contribution in [2.24, 2.45) is 0 Å². The number of aromatic nitrogens is 6. The monoisotopic (exact) mass is 941 g/mol. The topological polar surface area (TPSA) is 53.6 Å². The molecule has 58 heavy (non-hydrogen) atoms. The molecule has 296 valence electrons. The zero-order chi connectivity index (χ0) is 39.9. The minimum atomic E-state index is -0.413. The van der Waals surface area contributed by atoms with Crippen molar-refractivity contribution in [3.8, 4) is 51.0 Å². The van der Waals surface area contributed by atoms with Crippen LogP contribution in [0.1, 0.15) is 89.6 Å². The fourth-order valence-corrected chi connectivity index (χ4v) is 7.84. The molecular weight excluding hydrogens is 892 g/mol. The van der Waals surface area contributed by atoms with E-state index in [1.54, 1.807) is 0 Å². The van der Waals surface area contributed by atoms with Gasteiger partial charge >= 0.3 is 0 Å². The zero-order valence-electron chi connectivity index (χ0n) is 34.5. The van der Waals surface area contributed by atoms with Crippen molar-refractivity contribution < 1.29 is 25.6 Å². The summed E-state index contributed by atoms with van der Waals surface area (Å²) in [4.78, 5) is 14.9. The summed E-state index contributed by atoms with van der Waals surface area (Å²) in [7, 11) is 0. The van der Waals surface area contributed by atoms with E-state index >= 15 is 0 Å². The Morgan fingerprint density at radius 3 is 1.83 bits per heavy atom. The van der Waals surface area contributed by atoms with E-state index in [1.165, 1.54) is 16.8 Å². The predicted octanol–water partition coefficient (Wildman–Crippen LogP) is 11.4. The van der Waals surface area contributed by atoms with Gasteiger partial charge in [-0.1, -0.05) is 164 Å². The van der Waals surface area contributed by atoms with E-state index in [2.05, 4.69) is 205 Å². The Morgan fingerprint density at radius 1 is 0.638 bits per heavy atom. The first-order valence-electron chi connectivity index (χ1n) is 19.9. The van der Waals surface area contributed by atoms with E-state index in [-0.39, 0.29) is 26.5 Å². The molecule has 3 heterocycles. The Kier molecular flexibility index (Phi) is 11.4. The van der Waals surface area contributed by atoms with Gasteiger partial charge in [0, 0.05) is 45.9 Å². The van der Waals surface area contributed by atoms with Crippen molar-refractivity contribution in [2.75, 3.05) is 0 Å². The third kappa shape index (κ3) is 7.35. The normalized spacial score (nSPS) is 12.0. The largest absolute Gasteiger partial charge is 0.440 e. The minimum absolute atomic E-state index is 0. The first kappa shape index (κ1) is 40.6. The Balaban J connectivity index is 0.00000512. The SMILES string of the molecule is CC(C)c1cccc(C(C)C)c1-n1ccnc1-c1ncc(C(C)(C)C(C)(C)c2[c-]c(-[n+]3[c-]n(-c4c(-c5ccccc5)cccc4-c4ccccc4)cc3)ccc2)[n-]1.[Pt]. The number of nitrogens with zero attached hydrogens (tertiary/aromatic N) is 6. The van der Waals surface area contributed by atoms with Gasteiger partial charge < -0.3 is 14.5 Å². The molecule has 0 bridgehead atoms. The van der Waals surface area contributed by atoms with Gasteiger partial charge in [0.15, 0.2) is 0 Å². The van der Waals surface area contributed by atoms with Crippen LogP contribution in [0, 0.1) is 12.4 Å². The van der Waals surface area contributed by atoms with Crippen LogP contribution >= 0.6 is 0 Å². The summed E-state index contributed by atoms with van der Waals surface area (Å²) in [5, 5.41) is 0. The molecule has 3 aromatic heterocycles. The van der Waals surface area contributed by atoms with Gasteiger partial charge in [-0.3, -0.25) is 9.13 Å². The van der Waals surface area contributed by atoms with Gasteiger partial charge in [0.05, 0.1) is 11.4 Å². The zero-order valence-corrected chi connectivity index (χ0v) is 36.8. The van der Waals surface area contributed by atoms with Crippen molar-refractivity contribution in [1.29, 1.82) is 0 Å². The quantitative estimate of drug-likeness (QED) is 0.0959. The molecule has 0 fully saturated rings. The van der Waals surface area contributed by atoms with Crippen LogP contribution in [0.3, 0.4) is 0 Å². The van der Waals surface area contributed by atoms with Crippen LogP contribution < -0.4 is 9.55 Å². The number of hydrogen-bond acceptors (Lipinski definition) is 2. The number of imidazole rings is 3. The molecule has 6 nitrogen and oxygen atoms in total. The van der Waals surface area contributed by atoms with Crippen molar-refractivity contribution in [3.63, 3.8) is 0 Å². The molecule has 0 saturated carbocycles. The molecule has 7 heteroatoms. The van der Waals surface area contributed by atoms with Gasteiger partial charge in [-0.05, 0) is 67.6 Å². The molecule has 8 rings (SSSR count). The van der Waals surface area contributed by atoms with Crippen LogP contribution in [0.4, 0.5) is 0 Å². The molecule has 0 N–H and O–H groups in total. The third-order valence-corrected chi connectivity index (χ3v) is 11.9. The van der Waals surface area contributed by atoms with Crippen LogP contribution in [0.25, 0.3) is 51.0 Å². The minimum Gasteiger partial charge on any atom is -0.440 e. The first-order chi connectivity index (χ1) is 27.5. The van der Waals surface area contributed by atoms with Gasteiger partial charge in [0.2, 0.25) is 0 Å². The van der Waals surface area contributed by atoms with E-state index in [1.807, 2.05) is 23.2 Å². The van der Waals surface area contributed by atoms with Gasteiger partial charge in [-0.15, -0.1) is 0 Å². The van der Waals surface area contributed by atoms with Crippen LogP contribution in [-0.2, 0) is 31.9 Å². The van der Waals surface area contributed by atoms with Gasteiger partial charge in [-0.25, -0.2) is 4.98 Å². The second-order valence-corrected chi connectivity index (χ2v) is 16.6. The molecule has 8 aromatic rings. The van der Waals surface area contributed by atoms with E-state index in [0.29, 0.717) is 17.7 Å². The second-order valence-electron chi connectivity index (χ2n) is 16.6. The fourth-order valence-electron chi connectivity index (χ4n) is 7.84. The van der Waals surface area contributed by atoms with Crippen LogP contribution in [0.5, 0.6) is 0 Å². The van der Waals surface area contributed by atoms with Crippen LogP contribution in [-0.4, -0.2) is 19.1 Å². The van der Waals surface area contributed by atoms with E-state index in [4.69, 9.17) is 15.0 Å². The Bertz CT molecular complexity index is 2560. The summed E-state index contributed by atoms with van der Waals surface area (Å²) in [5.74, 6) is 2.08. The average Bonchev–Trinajstić information content (AvgIpc) is 4.03. The molecule has 0 aliphatic heterocycles. The summed E-state index contributed by atoms with van der Waals surface area (Å²) < 4.78 is 6.32. The standard InChI is InChI=1S/C51H50N6.Pt/c1-35(2)41-24-16-25-42(36(3)4)47(41)57-29-28-52-49(57)48-53-33-45(54-48)51(7,8)50(5,6)39-22-15-23-40(32-39)55-30-31-56(34-55)46-43(37-18-11-9-12-19-37)26-17-27-44(46)38-20-13-10-14-21-38;/h9-31,33,35-36H,1-8H3;/q-2;. The summed E-state index contributed by atoms with van der Waals surface area (Å²) in [6, 6.07) is 44.4. The summed E-state index contributed by atoms with van der Waals surface area (Å²) in [6.45, 7) is 18.0. The van der Waals surface area contributed by atoms with Gasteiger partial charge in [-0.2, -0.15) is 29.8 Å². The van der Waals surface area contributed by atoms with Crippen LogP contribution in [0.2, 0.25) is 0 Å². The van der Waals surface area contributed by atoms with Gasteiger partial charge in [0.25, 0.3) is 6.33 Å². The molecule has 0 atom stereocenters. The maximum atomic E-state index is 5.21. The van der Waals surface area contributed by atoms with E-state index in [9.17, 15) is 0 Å². The molecular formula is C51H50N6Pt-2. The number of hydrogen-bond donors (Lipinski definition) is 0.